The highest BCUT2D eigenvalue weighted by molar-refractivity contribution is 7.19. The van der Waals surface area contributed by atoms with Gasteiger partial charge >= 0.3 is 0 Å². The lowest BCUT2D eigenvalue weighted by Gasteiger charge is -2.26. The summed E-state index contributed by atoms with van der Waals surface area (Å²) in [5.41, 5.74) is 1.13. The molecule has 3 aromatic rings. The number of thiazole rings is 1. The lowest BCUT2D eigenvalue weighted by molar-refractivity contribution is -0.137. The van der Waals surface area contributed by atoms with Crippen molar-refractivity contribution >= 4 is 28.3 Å². The fraction of sp³-hybridized carbons (Fsp3) is 0.370. The molecule has 7 nitrogen and oxygen atoms in total. The number of benzene rings is 2. The number of halogens is 1. The monoisotopic (exact) mass is 513 g/mol. The van der Waals surface area contributed by atoms with E-state index in [4.69, 9.17) is 4.74 Å². The zero-order valence-electron chi connectivity index (χ0n) is 20.9. The molecule has 0 spiro atoms. The molecule has 0 aliphatic rings. The number of carbonyl (C=O) groups is 2. The van der Waals surface area contributed by atoms with Crippen LogP contribution < -0.4 is 15.4 Å². The molecule has 2 amide bonds. The van der Waals surface area contributed by atoms with Gasteiger partial charge in [0.25, 0.3) is 0 Å². The van der Waals surface area contributed by atoms with Gasteiger partial charge in [-0.2, -0.15) is 0 Å². The molecule has 0 aliphatic heterocycles. The second kappa shape index (κ2) is 12.1. The first kappa shape index (κ1) is 27.3. The molecule has 9 heteroatoms. The molecule has 0 aliphatic carbocycles. The van der Waals surface area contributed by atoms with E-state index in [1.165, 1.54) is 23.5 Å². The van der Waals surface area contributed by atoms with Crippen LogP contribution in [0.25, 0.3) is 10.4 Å². The van der Waals surface area contributed by atoms with Crippen LogP contribution in [0.2, 0.25) is 0 Å². The molecule has 3 rings (SSSR count). The Labute approximate surface area is 214 Å². The lowest BCUT2D eigenvalue weighted by atomic mass is 9.88. The third-order valence-electron chi connectivity index (χ3n) is 5.49. The zero-order valence-corrected chi connectivity index (χ0v) is 21.7. The van der Waals surface area contributed by atoms with Crippen LogP contribution in [0.1, 0.15) is 46.1 Å². The van der Waals surface area contributed by atoms with E-state index in [1.54, 1.807) is 39.1 Å². The van der Waals surface area contributed by atoms with E-state index in [0.717, 1.165) is 16.0 Å². The number of aromatic nitrogens is 1. The molecule has 36 heavy (non-hydrogen) atoms. The van der Waals surface area contributed by atoms with E-state index in [9.17, 15) is 19.1 Å². The average molecular weight is 514 g/mol. The molecule has 0 bridgehead atoms. The van der Waals surface area contributed by atoms with Crippen LogP contribution in [-0.4, -0.2) is 34.1 Å². The number of rotatable bonds is 10. The average Bonchev–Trinajstić information content (AvgIpc) is 3.29. The molecule has 2 atom stereocenters. The first-order valence-electron chi connectivity index (χ1n) is 11.8. The summed E-state index contributed by atoms with van der Waals surface area (Å²) in [5.74, 6) is -0.908. The number of amides is 2. The Morgan fingerprint density at radius 2 is 1.89 bits per heavy atom. The van der Waals surface area contributed by atoms with Crippen LogP contribution in [-0.2, 0) is 16.2 Å². The SMILES string of the molecule is CCC[C@H](NC(=O)[C@@H](O)C(C)(C)C)C(=O)Nc1ncc(-c2ccccc2COc2cccc(F)c2)s1. The summed E-state index contributed by atoms with van der Waals surface area (Å²) >= 11 is 1.30. The minimum absolute atomic E-state index is 0.236. The summed E-state index contributed by atoms with van der Waals surface area (Å²) in [4.78, 5) is 30.5. The minimum atomic E-state index is -1.23. The summed E-state index contributed by atoms with van der Waals surface area (Å²) in [5, 5.41) is 16.1. The Kier molecular flexibility index (Phi) is 9.17. The van der Waals surface area contributed by atoms with Crippen LogP contribution in [0.5, 0.6) is 5.75 Å². The zero-order chi connectivity index (χ0) is 26.3. The maximum atomic E-state index is 13.5. The molecule has 2 aromatic carbocycles. The molecule has 192 valence electrons. The van der Waals surface area contributed by atoms with Crippen LogP contribution in [0.4, 0.5) is 9.52 Å². The van der Waals surface area contributed by atoms with Crippen molar-refractivity contribution in [1.29, 1.82) is 0 Å². The molecule has 0 radical (unpaired) electrons. The Morgan fingerprint density at radius 3 is 2.58 bits per heavy atom. The van der Waals surface area contributed by atoms with Gasteiger partial charge in [-0.25, -0.2) is 9.37 Å². The molecule has 3 N–H and O–H groups in total. The smallest absolute Gasteiger partial charge is 0.250 e. The Balaban J connectivity index is 1.70. The second-order valence-corrected chi connectivity index (χ2v) is 10.6. The summed E-state index contributed by atoms with van der Waals surface area (Å²) < 4.78 is 19.2. The van der Waals surface area contributed by atoms with Crippen LogP contribution >= 0.6 is 11.3 Å². The van der Waals surface area contributed by atoms with Gasteiger partial charge in [0.2, 0.25) is 11.8 Å². The fourth-order valence-corrected chi connectivity index (χ4v) is 4.33. The van der Waals surface area contributed by atoms with Gasteiger partial charge in [0, 0.05) is 12.3 Å². The van der Waals surface area contributed by atoms with E-state index in [-0.39, 0.29) is 12.4 Å². The predicted molar refractivity (Wildman–Crippen MR) is 139 cm³/mol. The molecule has 0 saturated heterocycles. The van der Waals surface area contributed by atoms with Gasteiger partial charge < -0.3 is 20.5 Å². The number of ether oxygens (including phenoxy) is 1. The van der Waals surface area contributed by atoms with Crippen molar-refractivity contribution in [2.45, 2.75) is 59.3 Å². The predicted octanol–water partition coefficient (Wildman–Crippen LogP) is 5.16. The normalized spacial score (nSPS) is 13.1. The van der Waals surface area contributed by atoms with Crippen LogP contribution in [0, 0.1) is 11.2 Å². The Hall–Kier alpha value is -3.30. The molecule has 0 unspecified atom stereocenters. The van der Waals surface area contributed by atoms with Crippen molar-refractivity contribution in [3.8, 4) is 16.2 Å². The fourth-order valence-electron chi connectivity index (χ4n) is 3.45. The number of nitrogens with one attached hydrogen (secondary N) is 2. The van der Waals surface area contributed by atoms with Gasteiger partial charge in [-0.1, -0.05) is 75.8 Å². The van der Waals surface area contributed by atoms with Crippen molar-refractivity contribution in [1.82, 2.24) is 10.3 Å². The summed E-state index contributed by atoms with van der Waals surface area (Å²) in [6.45, 7) is 7.41. The first-order valence-corrected chi connectivity index (χ1v) is 12.6. The highest BCUT2D eigenvalue weighted by Gasteiger charge is 2.32. The van der Waals surface area contributed by atoms with Crippen LogP contribution in [0.15, 0.2) is 54.7 Å². The van der Waals surface area contributed by atoms with Crippen molar-refractivity contribution in [3.05, 3.63) is 66.1 Å². The van der Waals surface area contributed by atoms with E-state index >= 15 is 0 Å². The third kappa shape index (κ3) is 7.35. The second-order valence-electron chi connectivity index (χ2n) is 9.54. The number of aliphatic hydroxyl groups is 1. The number of hydrogen-bond donors (Lipinski definition) is 3. The molecular formula is C27H32FN3O4S. The molecule has 0 fully saturated rings. The van der Waals surface area contributed by atoms with E-state index in [1.807, 2.05) is 31.2 Å². The lowest BCUT2D eigenvalue weighted by Crippen LogP contribution is -2.50. The minimum Gasteiger partial charge on any atom is -0.489 e. The number of aliphatic hydroxyl groups excluding tert-OH is 1. The van der Waals surface area contributed by atoms with Crippen molar-refractivity contribution in [2.24, 2.45) is 5.41 Å². The molecular weight excluding hydrogens is 481 g/mol. The summed E-state index contributed by atoms with van der Waals surface area (Å²) in [6.07, 6.45) is 1.53. The number of anilines is 1. The summed E-state index contributed by atoms with van der Waals surface area (Å²) in [6, 6.07) is 12.8. The maximum absolute atomic E-state index is 13.5. The third-order valence-corrected chi connectivity index (χ3v) is 6.43. The first-order chi connectivity index (χ1) is 17.1. The van der Waals surface area contributed by atoms with Gasteiger partial charge in [-0.15, -0.1) is 0 Å². The Morgan fingerprint density at radius 1 is 1.14 bits per heavy atom. The quantitative estimate of drug-likeness (QED) is 0.348. The van der Waals surface area contributed by atoms with E-state index in [0.29, 0.717) is 23.7 Å². The highest BCUT2D eigenvalue weighted by Crippen LogP contribution is 2.32. The van der Waals surface area contributed by atoms with E-state index in [2.05, 4.69) is 15.6 Å². The van der Waals surface area contributed by atoms with Gasteiger partial charge in [0.05, 0.1) is 4.88 Å². The highest BCUT2D eigenvalue weighted by atomic mass is 32.1. The number of nitrogens with zero attached hydrogens (tertiary/aromatic N) is 1. The maximum Gasteiger partial charge on any atom is 0.250 e. The summed E-state index contributed by atoms with van der Waals surface area (Å²) in [7, 11) is 0. The van der Waals surface area contributed by atoms with E-state index < -0.39 is 29.4 Å². The number of hydrogen-bond acceptors (Lipinski definition) is 6. The van der Waals surface area contributed by atoms with Crippen LogP contribution in [0.3, 0.4) is 0 Å². The topological polar surface area (TPSA) is 101 Å². The van der Waals surface area contributed by atoms with Gasteiger partial charge in [-0.05, 0) is 35.1 Å². The van der Waals surface area contributed by atoms with Crippen molar-refractivity contribution in [3.63, 3.8) is 0 Å². The molecule has 0 saturated carbocycles. The standard InChI is InChI=1S/C27H32FN3O4S/c1-5-9-21(30-25(34)23(32)27(2,3)4)24(33)31-26-29-15-22(36-26)20-13-7-6-10-17(20)16-35-19-12-8-11-18(28)14-19/h6-8,10-15,21,23,32H,5,9,16H2,1-4H3,(H,30,34)(H,29,31,33)/t21-,23+/m0/s1. The van der Waals surface area contributed by atoms with Gasteiger partial charge in [-0.3, -0.25) is 9.59 Å². The van der Waals surface area contributed by atoms with Crippen molar-refractivity contribution in [2.75, 3.05) is 5.32 Å². The largest absolute Gasteiger partial charge is 0.489 e. The molecule has 1 heterocycles. The van der Waals surface area contributed by atoms with Gasteiger partial charge in [0.1, 0.15) is 30.3 Å². The van der Waals surface area contributed by atoms with Crippen molar-refractivity contribution < 1.29 is 23.8 Å². The number of carbonyl (C=O) groups excluding carboxylic acids is 2. The Bertz CT molecular complexity index is 1190. The molecule has 1 aromatic heterocycles. The van der Waals surface area contributed by atoms with Gasteiger partial charge in [0.15, 0.2) is 5.13 Å².